The number of carbonyl (C=O) groups is 1. The van der Waals surface area contributed by atoms with E-state index in [9.17, 15) is 39.9 Å². The van der Waals surface area contributed by atoms with E-state index >= 15 is 0 Å². The Hall–Kier alpha value is -4.89. The van der Waals surface area contributed by atoms with E-state index in [4.69, 9.17) is 4.52 Å². The Morgan fingerprint density at radius 1 is 0.952 bits per heavy atom. The van der Waals surface area contributed by atoms with Crippen LogP contribution in [0.4, 0.5) is 35.1 Å². The monoisotopic (exact) mass is 596 g/mol. The third-order valence-electron chi connectivity index (χ3n) is 6.07. The van der Waals surface area contributed by atoms with Gasteiger partial charge in [-0.05, 0) is 31.2 Å². The zero-order chi connectivity index (χ0) is 30.4. The molecule has 2 aliphatic heterocycles. The van der Waals surface area contributed by atoms with Crippen LogP contribution in [0.5, 0.6) is 0 Å². The fourth-order valence-corrected chi connectivity index (χ4v) is 4.15. The van der Waals surface area contributed by atoms with Crippen molar-refractivity contribution in [2.45, 2.75) is 25.3 Å². The lowest BCUT2D eigenvalue weighted by Gasteiger charge is -2.16. The van der Waals surface area contributed by atoms with E-state index in [-0.39, 0.29) is 41.1 Å². The molecule has 218 valence electrons. The molecular formula is C26H16F8N6O2. The molecule has 0 saturated carbocycles. The summed E-state index contributed by atoms with van der Waals surface area (Å²) in [6.07, 6.45) is -7.80. The molecule has 0 radical (unpaired) electrons. The second-order valence-corrected chi connectivity index (χ2v) is 8.84. The van der Waals surface area contributed by atoms with Crippen molar-refractivity contribution >= 4 is 5.91 Å². The van der Waals surface area contributed by atoms with Gasteiger partial charge >= 0.3 is 12.4 Å². The standard InChI is InChI=1S/C26H16F8N6O2/c1-2-35-24(41)22(40-11-19-18(10-36-40)37-23(38-19)14-4-3-5-16(27)21(14)28)20-9-17(39-42-20)13-7-6-12(25(29,30)31)8-15(13)26(32,33)34/h3-11,22H,2H2,1H3,(H,35,41). The van der Waals surface area contributed by atoms with Gasteiger partial charge in [-0.2, -0.15) is 31.4 Å². The topological polar surface area (TPSA) is 98.7 Å². The maximum Gasteiger partial charge on any atom is 0.417 e. The molecule has 1 amide bonds. The molecular weight excluding hydrogens is 580 g/mol. The minimum Gasteiger partial charge on any atom is -0.358 e. The number of fused-ring (bicyclic) bond motifs is 1. The molecule has 0 bridgehead atoms. The van der Waals surface area contributed by atoms with E-state index in [1.807, 2.05) is 0 Å². The van der Waals surface area contributed by atoms with E-state index in [1.165, 1.54) is 24.5 Å². The number of halogens is 8. The minimum absolute atomic E-state index is 0.0394. The third kappa shape index (κ3) is 5.38. The third-order valence-corrected chi connectivity index (χ3v) is 6.07. The Balaban J connectivity index is 1.57. The molecule has 0 aliphatic carbocycles. The Morgan fingerprint density at radius 3 is 2.38 bits per heavy atom. The van der Waals surface area contributed by atoms with Gasteiger partial charge in [-0.15, -0.1) is 0 Å². The Labute approximate surface area is 230 Å². The van der Waals surface area contributed by atoms with Gasteiger partial charge < -0.3 is 9.84 Å². The van der Waals surface area contributed by atoms with Gasteiger partial charge in [-0.25, -0.2) is 18.7 Å². The van der Waals surface area contributed by atoms with E-state index in [0.29, 0.717) is 12.1 Å². The van der Waals surface area contributed by atoms with Gasteiger partial charge in [0.25, 0.3) is 5.91 Å². The second-order valence-electron chi connectivity index (χ2n) is 8.84. The highest BCUT2D eigenvalue weighted by atomic mass is 19.4. The summed E-state index contributed by atoms with van der Waals surface area (Å²) < 4.78 is 115. The van der Waals surface area contributed by atoms with Gasteiger partial charge in [0.2, 0.25) is 0 Å². The number of alkyl halides is 6. The number of nitrogens with zero attached hydrogens (tertiary/aromatic N) is 5. The SMILES string of the molecule is CCNC(=O)C(c1cc(-c2ccc(C(F)(F)F)cc2C(F)(F)F)no1)n1cc2nc(-c3cccc(F)c3F)nc-2cn1. The lowest BCUT2D eigenvalue weighted by atomic mass is 10.00. The first kappa shape index (κ1) is 28.6. The lowest BCUT2D eigenvalue weighted by Crippen LogP contribution is -2.33. The van der Waals surface area contributed by atoms with Crippen LogP contribution in [0.1, 0.15) is 29.9 Å². The molecule has 1 unspecified atom stereocenters. The van der Waals surface area contributed by atoms with Crippen molar-refractivity contribution in [3.05, 3.63) is 83.4 Å². The quantitative estimate of drug-likeness (QED) is 0.237. The maximum atomic E-state index is 14.3. The summed E-state index contributed by atoms with van der Waals surface area (Å²) in [5, 5.41) is 10.2. The average Bonchev–Trinajstić information content (AvgIpc) is 3.56. The number of hydrogen-bond donors (Lipinski definition) is 1. The van der Waals surface area contributed by atoms with Gasteiger partial charge in [0.1, 0.15) is 17.1 Å². The smallest absolute Gasteiger partial charge is 0.358 e. The molecule has 3 heterocycles. The summed E-state index contributed by atoms with van der Waals surface area (Å²) in [4.78, 5) is 21.3. The van der Waals surface area contributed by atoms with Crippen molar-refractivity contribution in [2.24, 2.45) is 0 Å². The molecule has 0 fully saturated rings. The molecule has 0 saturated heterocycles. The van der Waals surface area contributed by atoms with Crippen molar-refractivity contribution in [1.29, 1.82) is 0 Å². The summed E-state index contributed by atoms with van der Waals surface area (Å²) in [7, 11) is 0. The normalized spacial score (nSPS) is 13.0. The number of benzene rings is 2. The fraction of sp³-hybridized carbons (Fsp3) is 0.192. The van der Waals surface area contributed by atoms with Crippen molar-refractivity contribution in [1.82, 2.24) is 30.2 Å². The first-order valence-corrected chi connectivity index (χ1v) is 12.0. The summed E-state index contributed by atoms with van der Waals surface area (Å²) in [6, 6.07) is 3.99. The lowest BCUT2D eigenvalue weighted by molar-refractivity contribution is -0.142. The van der Waals surface area contributed by atoms with Crippen LogP contribution in [0.2, 0.25) is 0 Å². The van der Waals surface area contributed by atoms with Crippen LogP contribution in [0.25, 0.3) is 34.0 Å². The van der Waals surface area contributed by atoms with Crippen LogP contribution in [0.15, 0.2) is 59.4 Å². The zero-order valence-corrected chi connectivity index (χ0v) is 21.1. The number of imidazole rings is 1. The second kappa shape index (κ2) is 10.5. The summed E-state index contributed by atoms with van der Waals surface area (Å²) in [5.74, 6) is -3.49. The number of nitrogens with one attached hydrogen (secondary N) is 1. The summed E-state index contributed by atoms with van der Waals surface area (Å²) in [6.45, 7) is 1.73. The number of hydrogen-bond acceptors (Lipinski definition) is 6. The van der Waals surface area contributed by atoms with Gasteiger partial charge in [0.05, 0.1) is 29.1 Å². The van der Waals surface area contributed by atoms with Crippen LogP contribution in [0.3, 0.4) is 0 Å². The molecule has 2 aliphatic rings. The van der Waals surface area contributed by atoms with Gasteiger partial charge in [0, 0.05) is 18.2 Å². The van der Waals surface area contributed by atoms with Gasteiger partial charge in [0.15, 0.2) is 29.3 Å². The highest BCUT2D eigenvalue weighted by Crippen LogP contribution is 2.41. The maximum absolute atomic E-state index is 14.3. The van der Waals surface area contributed by atoms with Crippen LogP contribution in [-0.4, -0.2) is 37.4 Å². The Bertz CT molecular complexity index is 1740. The summed E-state index contributed by atoms with van der Waals surface area (Å²) >= 11 is 0. The molecule has 3 aromatic rings. The molecule has 2 aromatic carbocycles. The molecule has 0 spiro atoms. The predicted molar refractivity (Wildman–Crippen MR) is 129 cm³/mol. The van der Waals surface area contributed by atoms with Crippen LogP contribution in [-0.2, 0) is 17.1 Å². The van der Waals surface area contributed by atoms with Crippen LogP contribution < -0.4 is 5.32 Å². The van der Waals surface area contributed by atoms with Gasteiger partial charge in [-0.3, -0.25) is 9.48 Å². The molecule has 8 nitrogen and oxygen atoms in total. The van der Waals surface area contributed by atoms with Gasteiger partial charge in [-0.1, -0.05) is 17.3 Å². The molecule has 1 aromatic heterocycles. The number of aromatic nitrogens is 5. The van der Waals surface area contributed by atoms with Crippen molar-refractivity contribution in [2.75, 3.05) is 6.54 Å². The fourth-order valence-electron chi connectivity index (χ4n) is 4.15. The highest BCUT2D eigenvalue weighted by Gasteiger charge is 2.39. The zero-order valence-electron chi connectivity index (χ0n) is 21.1. The van der Waals surface area contributed by atoms with Crippen LogP contribution >= 0.6 is 0 Å². The van der Waals surface area contributed by atoms with E-state index in [1.54, 1.807) is 6.92 Å². The van der Waals surface area contributed by atoms with E-state index in [0.717, 1.165) is 16.8 Å². The molecule has 42 heavy (non-hydrogen) atoms. The minimum atomic E-state index is -5.18. The number of amides is 1. The van der Waals surface area contributed by atoms with Crippen molar-refractivity contribution in [3.8, 4) is 34.0 Å². The van der Waals surface area contributed by atoms with Crippen molar-refractivity contribution in [3.63, 3.8) is 0 Å². The van der Waals surface area contributed by atoms with Crippen LogP contribution in [0, 0.1) is 11.6 Å². The number of carbonyl (C=O) groups excluding carboxylic acids is 1. The highest BCUT2D eigenvalue weighted by molar-refractivity contribution is 5.83. The Kier molecular flexibility index (Phi) is 7.16. The largest absolute Gasteiger partial charge is 0.417 e. The Morgan fingerprint density at radius 2 is 1.69 bits per heavy atom. The number of rotatable bonds is 6. The molecule has 1 atom stereocenters. The molecule has 5 rings (SSSR count). The predicted octanol–water partition coefficient (Wildman–Crippen LogP) is 6.14. The number of likely N-dealkylation sites (N-methyl/N-ethyl adjacent to an activating group) is 1. The molecule has 1 N–H and O–H groups in total. The molecule has 16 heteroatoms. The first-order chi connectivity index (χ1) is 19.8. The van der Waals surface area contributed by atoms with E-state index in [2.05, 4.69) is 25.5 Å². The average molecular weight is 596 g/mol. The summed E-state index contributed by atoms with van der Waals surface area (Å²) in [5.41, 5.74) is -4.30. The first-order valence-electron chi connectivity index (χ1n) is 12.0. The van der Waals surface area contributed by atoms with E-state index < -0.39 is 58.3 Å². The van der Waals surface area contributed by atoms with Crippen molar-refractivity contribution < 1.29 is 44.4 Å².